The van der Waals surface area contributed by atoms with Gasteiger partial charge in [-0.2, -0.15) is 0 Å². The van der Waals surface area contributed by atoms with E-state index in [4.69, 9.17) is 0 Å². The maximum Gasteiger partial charge on any atom is 0.232 e. The van der Waals surface area contributed by atoms with Crippen molar-refractivity contribution in [3.63, 3.8) is 0 Å². The van der Waals surface area contributed by atoms with Gasteiger partial charge in [-0.05, 0) is 44.5 Å². The molecule has 1 aromatic rings. The lowest BCUT2D eigenvalue weighted by atomic mass is 9.83. The molecule has 0 aliphatic carbocycles. The average molecular weight is 264 g/mol. The number of carbonyl (C=O) groups is 1. The second kappa shape index (κ2) is 5.29. The van der Waals surface area contributed by atoms with E-state index in [0.717, 1.165) is 25.1 Å². The van der Waals surface area contributed by atoms with Crippen molar-refractivity contribution in [2.24, 2.45) is 0 Å². The van der Waals surface area contributed by atoms with E-state index in [1.165, 1.54) is 12.1 Å². The maximum absolute atomic E-state index is 13.0. The Kier molecular flexibility index (Phi) is 3.90. The number of nitrogens with one attached hydrogen (secondary N) is 1. The summed E-state index contributed by atoms with van der Waals surface area (Å²) in [5.74, 6) is -0.201. The lowest BCUT2D eigenvalue weighted by molar-refractivity contribution is -0.136. The van der Waals surface area contributed by atoms with Gasteiger partial charge >= 0.3 is 0 Å². The molecule has 1 aromatic carbocycles. The first-order valence-electron chi connectivity index (χ1n) is 6.67. The normalized spacial score (nSPS) is 19.5. The number of rotatable bonds is 3. The lowest BCUT2D eigenvalue weighted by Gasteiger charge is -2.33. The van der Waals surface area contributed by atoms with Crippen molar-refractivity contribution in [1.29, 1.82) is 0 Å². The third-order valence-electron chi connectivity index (χ3n) is 4.00. The van der Waals surface area contributed by atoms with Gasteiger partial charge in [-0.1, -0.05) is 12.1 Å². The molecule has 1 atom stereocenters. The van der Waals surface area contributed by atoms with Crippen molar-refractivity contribution in [2.45, 2.75) is 31.7 Å². The minimum absolute atomic E-state index is 0.0767. The van der Waals surface area contributed by atoms with Crippen LogP contribution in [-0.4, -0.2) is 37.0 Å². The fourth-order valence-electron chi connectivity index (χ4n) is 2.57. The Hall–Kier alpha value is -1.42. The molecular formula is C15H21FN2O. The van der Waals surface area contributed by atoms with Gasteiger partial charge in [0.1, 0.15) is 5.82 Å². The molecule has 1 aliphatic rings. The smallest absolute Gasteiger partial charge is 0.232 e. The summed E-state index contributed by atoms with van der Waals surface area (Å²) in [7, 11) is 1.85. The van der Waals surface area contributed by atoms with Gasteiger partial charge in [-0.3, -0.25) is 4.79 Å². The van der Waals surface area contributed by atoms with Crippen LogP contribution in [0.3, 0.4) is 0 Å². The van der Waals surface area contributed by atoms with Gasteiger partial charge in [-0.15, -0.1) is 0 Å². The predicted molar refractivity (Wildman–Crippen MR) is 73.5 cm³/mol. The standard InChI is InChI=1S/C15H21FN2O/c1-15(2,11-4-6-12(16)7-5-11)14(19)18(3)13-8-9-17-10-13/h4-7,13,17H,8-10H2,1-3H3. The highest BCUT2D eigenvalue weighted by Crippen LogP contribution is 2.27. The molecule has 0 radical (unpaired) electrons. The average Bonchev–Trinajstić information content (AvgIpc) is 2.91. The van der Waals surface area contributed by atoms with Crippen LogP contribution < -0.4 is 5.32 Å². The maximum atomic E-state index is 13.0. The number of halogens is 1. The molecule has 1 aliphatic heterocycles. The van der Waals surface area contributed by atoms with E-state index in [1.807, 2.05) is 25.8 Å². The van der Waals surface area contributed by atoms with E-state index < -0.39 is 5.41 Å². The second-order valence-corrected chi connectivity index (χ2v) is 5.69. The summed E-state index contributed by atoms with van der Waals surface area (Å²) >= 11 is 0. The zero-order valence-corrected chi connectivity index (χ0v) is 11.7. The topological polar surface area (TPSA) is 32.3 Å². The Labute approximate surface area is 113 Å². The van der Waals surface area contributed by atoms with Crippen LogP contribution >= 0.6 is 0 Å². The number of nitrogens with zero attached hydrogens (tertiary/aromatic N) is 1. The molecule has 1 unspecified atom stereocenters. The minimum atomic E-state index is -0.634. The lowest BCUT2D eigenvalue weighted by Crippen LogP contribution is -2.47. The SMILES string of the molecule is CN(C(=O)C(C)(C)c1ccc(F)cc1)C1CCNC1. The Balaban J connectivity index is 2.18. The van der Waals surface area contributed by atoms with Crippen LogP contribution in [0.4, 0.5) is 4.39 Å². The molecule has 1 amide bonds. The zero-order valence-electron chi connectivity index (χ0n) is 11.7. The number of hydrogen-bond acceptors (Lipinski definition) is 2. The van der Waals surface area contributed by atoms with E-state index in [1.54, 1.807) is 12.1 Å². The molecule has 1 fully saturated rings. The van der Waals surface area contributed by atoms with Crippen LogP contribution in [0.2, 0.25) is 0 Å². The summed E-state index contributed by atoms with van der Waals surface area (Å²) in [6.45, 7) is 5.59. The summed E-state index contributed by atoms with van der Waals surface area (Å²) in [6.07, 6.45) is 0.988. The van der Waals surface area contributed by atoms with Crippen molar-refractivity contribution in [1.82, 2.24) is 10.2 Å². The minimum Gasteiger partial charge on any atom is -0.341 e. The van der Waals surface area contributed by atoms with Crippen molar-refractivity contribution in [2.75, 3.05) is 20.1 Å². The Bertz CT molecular complexity index is 450. The monoisotopic (exact) mass is 264 g/mol. The third kappa shape index (κ3) is 2.78. The number of likely N-dealkylation sites (N-methyl/N-ethyl adjacent to an activating group) is 1. The number of carbonyl (C=O) groups excluding carboxylic acids is 1. The molecule has 0 bridgehead atoms. The van der Waals surface area contributed by atoms with Crippen LogP contribution in [0.25, 0.3) is 0 Å². The van der Waals surface area contributed by atoms with Gasteiger partial charge in [0.2, 0.25) is 5.91 Å². The van der Waals surface area contributed by atoms with Crippen LogP contribution in [0, 0.1) is 5.82 Å². The van der Waals surface area contributed by atoms with Crippen LogP contribution in [0.15, 0.2) is 24.3 Å². The summed E-state index contributed by atoms with van der Waals surface area (Å²) in [4.78, 5) is 14.5. The summed E-state index contributed by atoms with van der Waals surface area (Å²) in [6, 6.07) is 6.44. The molecule has 0 aromatic heterocycles. The fourth-order valence-corrected chi connectivity index (χ4v) is 2.57. The van der Waals surface area contributed by atoms with Gasteiger partial charge < -0.3 is 10.2 Å². The van der Waals surface area contributed by atoms with E-state index in [2.05, 4.69) is 5.32 Å². The first kappa shape index (κ1) is 14.0. The molecular weight excluding hydrogens is 243 g/mol. The Morgan fingerprint density at radius 3 is 2.53 bits per heavy atom. The van der Waals surface area contributed by atoms with Crippen molar-refractivity contribution in [3.8, 4) is 0 Å². The summed E-state index contributed by atoms with van der Waals surface area (Å²) in [5.41, 5.74) is 0.210. The molecule has 104 valence electrons. The molecule has 4 heteroatoms. The molecule has 0 saturated carbocycles. The highest BCUT2D eigenvalue weighted by molar-refractivity contribution is 5.87. The third-order valence-corrected chi connectivity index (χ3v) is 4.00. The molecule has 2 rings (SSSR count). The van der Waals surface area contributed by atoms with Gasteiger partial charge in [0.15, 0.2) is 0 Å². The Morgan fingerprint density at radius 1 is 1.37 bits per heavy atom. The largest absolute Gasteiger partial charge is 0.341 e. The van der Waals surface area contributed by atoms with Crippen LogP contribution in [0.5, 0.6) is 0 Å². The summed E-state index contributed by atoms with van der Waals surface area (Å²) < 4.78 is 13.0. The highest BCUT2D eigenvalue weighted by atomic mass is 19.1. The van der Waals surface area contributed by atoms with Crippen LogP contribution in [0.1, 0.15) is 25.8 Å². The number of amides is 1. The van der Waals surface area contributed by atoms with Gasteiger partial charge in [0, 0.05) is 19.6 Å². The fraction of sp³-hybridized carbons (Fsp3) is 0.533. The summed E-state index contributed by atoms with van der Waals surface area (Å²) in [5, 5.41) is 3.26. The molecule has 19 heavy (non-hydrogen) atoms. The van der Waals surface area contributed by atoms with Crippen molar-refractivity contribution < 1.29 is 9.18 Å². The molecule has 3 nitrogen and oxygen atoms in total. The van der Waals surface area contributed by atoms with E-state index >= 15 is 0 Å². The predicted octanol–water partition coefficient (Wildman–Crippen LogP) is 1.92. The number of hydrogen-bond donors (Lipinski definition) is 1. The molecule has 1 N–H and O–H groups in total. The van der Waals surface area contributed by atoms with Gasteiger partial charge in [0.05, 0.1) is 5.41 Å². The second-order valence-electron chi connectivity index (χ2n) is 5.69. The van der Waals surface area contributed by atoms with Crippen molar-refractivity contribution in [3.05, 3.63) is 35.6 Å². The van der Waals surface area contributed by atoms with Crippen LogP contribution in [-0.2, 0) is 10.2 Å². The molecule has 0 spiro atoms. The van der Waals surface area contributed by atoms with Gasteiger partial charge in [-0.25, -0.2) is 4.39 Å². The molecule has 1 saturated heterocycles. The molecule has 1 heterocycles. The number of benzene rings is 1. The van der Waals surface area contributed by atoms with E-state index in [9.17, 15) is 9.18 Å². The first-order chi connectivity index (χ1) is 8.93. The Morgan fingerprint density at radius 2 is 2.00 bits per heavy atom. The highest BCUT2D eigenvalue weighted by Gasteiger charge is 2.35. The van der Waals surface area contributed by atoms with E-state index in [-0.39, 0.29) is 17.8 Å². The van der Waals surface area contributed by atoms with Gasteiger partial charge in [0.25, 0.3) is 0 Å². The zero-order chi connectivity index (χ0) is 14.0. The van der Waals surface area contributed by atoms with Crippen molar-refractivity contribution >= 4 is 5.91 Å². The van der Waals surface area contributed by atoms with E-state index in [0.29, 0.717) is 0 Å². The quantitative estimate of drug-likeness (QED) is 0.904. The first-order valence-corrected chi connectivity index (χ1v) is 6.67.